The van der Waals surface area contributed by atoms with Crippen molar-refractivity contribution >= 4 is 63.9 Å². The lowest BCUT2D eigenvalue weighted by molar-refractivity contribution is -0.138. The molecule has 0 saturated carbocycles. The first-order valence-corrected chi connectivity index (χ1v) is 11.8. The van der Waals surface area contributed by atoms with E-state index < -0.39 is 11.9 Å². The van der Waals surface area contributed by atoms with E-state index in [1.807, 2.05) is 48.5 Å². The standard InChI is InChI=1S/C25H28N4O3S.2ClH/c1-15(26)29-10-2-3-19(29)14-32-20-7-4-16(5-8-20)22(25(30)31)13-21-12-18-11-17(24(27)28)6-9-23(18)33-21;;/h4-9,11-12,19,22,26H,2-3,10,13-14H2,1H3,(H3,27,28)(H,30,31);2*1H/t19-,22?;;/m1../s1. The molecule has 7 nitrogen and oxygen atoms in total. The van der Waals surface area contributed by atoms with Crippen LogP contribution in [0.4, 0.5) is 0 Å². The molecule has 1 saturated heterocycles. The predicted octanol–water partition coefficient (Wildman–Crippen LogP) is 5.28. The second-order valence-corrected chi connectivity index (χ2v) is 9.60. The van der Waals surface area contributed by atoms with E-state index in [-0.39, 0.29) is 36.7 Å². The summed E-state index contributed by atoms with van der Waals surface area (Å²) >= 11 is 1.56. The Bertz CT molecular complexity index is 1200. The number of aliphatic carboxylic acids is 1. The Morgan fingerprint density at radius 1 is 1.20 bits per heavy atom. The molecule has 10 heteroatoms. The van der Waals surface area contributed by atoms with Crippen LogP contribution in [-0.4, -0.2) is 46.8 Å². The van der Waals surface area contributed by atoms with Gasteiger partial charge >= 0.3 is 5.97 Å². The zero-order chi connectivity index (χ0) is 23.5. The average Bonchev–Trinajstić information content (AvgIpc) is 3.42. The molecule has 1 fully saturated rings. The SMILES string of the molecule is CC(=N)N1CCC[C@@H]1COc1ccc(C(Cc2cc3cc(C(=N)N)ccc3s2)C(=O)O)cc1.Cl.Cl. The van der Waals surface area contributed by atoms with Crippen LogP contribution in [0.25, 0.3) is 10.1 Å². The number of carboxylic acids is 1. The number of nitrogens with two attached hydrogens (primary N) is 1. The van der Waals surface area contributed by atoms with Gasteiger partial charge in [0, 0.05) is 21.7 Å². The molecule has 1 unspecified atom stereocenters. The highest BCUT2D eigenvalue weighted by Gasteiger charge is 2.26. The number of likely N-dealkylation sites (tertiary alicyclic amines) is 1. The minimum atomic E-state index is -0.867. The predicted molar refractivity (Wildman–Crippen MR) is 146 cm³/mol. The Balaban J connectivity index is 0.00000216. The van der Waals surface area contributed by atoms with Gasteiger partial charge in [-0.25, -0.2) is 0 Å². The van der Waals surface area contributed by atoms with E-state index in [9.17, 15) is 9.90 Å². The molecule has 0 bridgehead atoms. The van der Waals surface area contributed by atoms with Crippen LogP contribution in [0, 0.1) is 10.8 Å². The number of rotatable bonds is 8. The third-order valence-electron chi connectivity index (χ3n) is 6.11. The largest absolute Gasteiger partial charge is 0.491 e. The highest BCUT2D eigenvalue weighted by molar-refractivity contribution is 7.19. The number of amidine groups is 2. The van der Waals surface area contributed by atoms with Gasteiger partial charge in [-0.1, -0.05) is 12.1 Å². The number of ether oxygens (including phenoxy) is 1. The fraction of sp³-hybridized carbons (Fsp3) is 0.320. The number of carbonyl (C=O) groups is 1. The van der Waals surface area contributed by atoms with Crippen molar-refractivity contribution in [1.29, 1.82) is 10.8 Å². The Kier molecular flexibility index (Phi) is 9.94. The molecule has 1 aliphatic rings. The summed E-state index contributed by atoms with van der Waals surface area (Å²) in [6.45, 7) is 3.22. The number of halogens is 2. The number of fused-ring (bicyclic) bond motifs is 1. The van der Waals surface area contributed by atoms with E-state index in [2.05, 4.69) is 4.90 Å². The van der Waals surface area contributed by atoms with Gasteiger partial charge in [-0.15, -0.1) is 36.2 Å². The van der Waals surface area contributed by atoms with E-state index in [1.165, 1.54) is 0 Å². The first kappa shape index (κ1) is 28.4. The van der Waals surface area contributed by atoms with Crippen molar-refractivity contribution in [3.05, 3.63) is 64.5 Å². The molecule has 0 aliphatic carbocycles. The molecule has 5 N–H and O–H groups in total. The number of nitrogens with one attached hydrogen (secondary N) is 2. The van der Waals surface area contributed by atoms with Crippen LogP contribution >= 0.6 is 36.2 Å². The molecule has 2 atom stereocenters. The lowest BCUT2D eigenvalue weighted by atomic mass is 9.95. The monoisotopic (exact) mass is 536 g/mol. The second kappa shape index (κ2) is 12.2. The van der Waals surface area contributed by atoms with Crippen LogP contribution in [0.15, 0.2) is 48.5 Å². The highest BCUT2D eigenvalue weighted by atomic mass is 35.5. The van der Waals surface area contributed by atoms with Gasteiger partial charge < -0.3 is 20.5 Å². The van der Waals surface area contributed by atoms with Gasteiger partial charge in [0.15, 0.2) is 0 Å². The summed E-state index contributed by atoms with van der Waals surface area (Å²) in [6, 6.07) is 15.1. The maximum absolute atomic E-state index is 12.1. The summed E-state index contributed by atoms with van der Waals surface area (Å²) in [6.07, 6.45) is 2.47. The fourth-order valence-electron chi connectivity index (χ4n) is 4.35. The Labute approximate surface area is 221 Å². The Morgan fingerprint density at radius 2 is 1.91 bits per heavy atom. The van der Waals surface area contributed by atoms with Gasteiger partial charge in [0.25, 0.3) is 0 Å². The topological polar surface area (TPSA) is 123 Å². The maximum atomic E-state index is 12.1. The molecule has 4 rings (SSSR count). The molecule has 188 valence electrons. The number of hydrogen-bond donors (Lipinski definition) is 4. The van der Waals surface area contributed by atoms with Gasteiger partial charge in [0.05, 0.1) is 17.8 Å². The van der Waals surface area contributed by atoms with Crippen molar-refractivity contribution < 1.29 is 14.6 Å². The van der Waals surface area contributed by atoms with Crippen LogP contribution in [0.1, 0.15) is 41.7 Å². The van der Waals surface area contributed by atoms with Crippen LogP contribution in [0.2, 0.25) is 0 Å². The number of nitrogen functional groups attached to an aromatic ring is 1. The quantitative estimate of drug-likeness (QED) is 0.230. The minimum Gasteiger partial charge on any atom is -0.491 e. The third-order valence-corrected chi connectivity index (χ3v) is 7.25. The number of benzene rings is 2. The number of thiophene rings is 1. The van der Waals surface area contributed by atoms with Crippen molar-refractivity contribution in [3.8, 4) is 5.75 Å². The third kappa shape index (κ3) is 6.66. The molecular weight excluding hydrogens is 507 g/mol. The molecule has 1 aromatic heterocycles. The number of carboxylic acid groups (broad SMARTS) is 1. The zero-order valence-electron chi connectivity index (χ0n) is 19.3. The summed E-state index contributed by atoms with van der Waals surface area (Å²) in [5.41, 5.74) is 6.98. The summed E-state index contributed by atoms with van der Waals surface area (Å²) < 4.78 is 6.99. The Hall–Kier alpha value is -2.81. The zero-order valence-corrected chi connectivity index (χ0v) is 21.8. The van der Waals surface area contributed by atoms with E-state index in [1.54, 1.807) is 18.3 Å². The molecule has 0 radical (unpaired) electrons. The first-order chi connectivity index (χ1) is 15.8. The summed E-state index contributed by atoms with van der Waals surface area (Å²) in [5, 5.41) is 26.3. The van der Waals surface area contributed by atoms with E-state index >= 15 is 0 Å². The van der Waals surface area contributed by atoms with Crippen molar-refractivity contribution in [2.24, 2.45) is 5.73 Å². The fourth-order valence-corrected chi connectivity index (χ4v) is 5.44. The Morgan fingerprint density at radius 3 is 2.54 bits per heavy atom. The van der Waals surface area contributed by atoms with Crippen molar-refractivity contribution in [2.75, 3.05) is 13.2 Å². The summed E-state index contributed by atoms with van der Waals surface area (Å²) in [4.78, 5) is 15.1. The summed E-state index contributed by atoms with van der Waals surface area (Å²) in [7, 11) is 0. The molecule has 0 spiro atoms. The van der Waals surface area contributed by atoms with Gasteiger partial charge in [0.2, 0.25) is 0 Å². The van der Waals surface area contributed by atoms with Crippen LogP contribution in [0.3, 0.4) is 0 Å². The molecule has 3 aromatic rings. The minimum absolute atomic E-state index is 0. The summed E-state index contributed by atoms with van der Waals surface area (Å²) in [5.74, 6) is -0.238. The van der Waals surface area contributed by atoms with Gasteiger partial charge in [-0.2, -0.15) is 0 Å². The van der Waals surface area contributed by atoms with E-state index in [4.69, 9.17) is 21.3 Å². The van der Waals surface area contributed by atoms with E-state index in [0.29, 0.717) is 30.2 Å². The number of hydrogen-bond acceptors (Lipinski definition) is 5. The number of nitrogens with zero attached hydrogens (tertiary/aromatic N) is 1. The molecular formula is C25H30Cl2N4O3S. The van der Waals surface area contributed by atoms with Crippen LogP contribution < -0.4 is 10.5 Å². The molecule has 2 heterocycles. The molecule has 2 aromatic carbocycles. The van der Waals surface area contributed by atoms with Crippen molar-refractivity contribution in [2.45, 2.75) is 38.1 Å². The molecule has 35 heavy (non-hydrogen) atoms. The highest BCUT2D eigenvalue weighted by Crippen LogP contribution is 2.32. The van der Waals surface area contributed by atoms with E-state index in [0.717, 1.165) is 39.9 Å². The first-order valence-electron chi connectivity index (χ1n) is 11.0. The van der Waals surface area contributed by atoms with Gasteiger partial charge in [-0.05, 0) is 73.5 Å². The molecule has 0 amide bonds. The molecule has 1 aliphatic heterocycles. The van der Waals surface area contributed by atoms with Crippen LogP contribution in [0.5, 0.6) is 5.75 Å². The lowest BCUT2D eigenvalue weighted by Gasteiger charge is -2.25. The smallest absolute Gasteiger partial charge is 0.311 e. The van der Waals surface area contributed by atoms with Gasteiger partial charge in [0.1, 0.15) is 18.2 Å². The van der Waals surface area contributed by atoms with Crippen molar-refractivity contribution in [3.63, 3.8) is 0 Å². The van der Waals surface area contributed by atoms with Gasteiger partial charge in [-0.3, -0.25) is 15.6 Å². The average molecular weight is 538 g/mol. The lowest BCUT2D eigenvalue weighted by Crippen LogP contribution is -2.37. The van der Waals surface area contributed by atoms with Crippen LogP contribution in [-0.2, 0) is 11.2 Å². The maximum Gasteiger partial charge on any atom is 0.311 e. The normalized spacial score (nSPS) is 15.7. The van der Waals surface area contributed by atoms with Crippen molar-refractivity contribution in [1.82, 2.24) is 4.90 Å². The second-order valence-electron chi connectivity index (χ2n) is 8.43.